The Morgan fingerprint density at radius 1 is 1.19 bits per heavy atom. The molecule has 1 saturated heterocycles. The lowest BCUT2D eigenvalue weighted by molar-refractivity contribution is 0.114. The van der Waals surface area contributed by atoms with E-state index in [1.807, 2.05) is 0 Å². The van der Waals surface area contributed by atoms with Gasteiger partial charge in [-0.2, -0.15) is 0 Å². The van der Waals surface area contributed by atoms with Gasteiger partial charge in [-0.25, -0.2) is 0 Å². The number of likely N-dealkylation sites (tertiary alicyclic amines) is 1. The van der Waals surface area contributed by atoms with Gasteiger partial charge in [0.05, 0.1) is 0 Å². The van der Waals surface area contributed by atoms with Gasteiger partial charge < -0.3 is 4.90 Å². The fraction of sp³-hybridized carbons (Fsp3) is 0.600. The van der Waals surface area contributed by atoms with Gasteiger partial charge >= 0.3 is 0 Å². The van der Waals surface area contributed by atoms with E-state index in [2.05, 4.69) is 57.0 Å². The first-order valence-corrected chi connectivity index (χ1v) is 6.24. The van der Waals surface area contributed by atoms with E-state index in [9.17, 15) is 0 Å². The van der Waals surface area contributed by atoms with Gasteiger partial charge in [-0.15, -0.1) is 0 Å². The molecule has 1 heteroatoms. The molecule has 1 aromatic carbocycles. The molecule has 1 fully saturated rings. The molecular weight excluding hydrogens is 194 g/mol. The van der Waals surface area contributed by atoms with E-state index in [0.717, 1.165) is 0 Å². The number of hydrogen-bond donors (Lipinski definition) is 0. The molecule has 2 rings (SSSR count). The molecule has 0 bridgehead atoms. The Hall–Kier alpha value is -0.820. The van der Waals surface area contributed by atoms with Crippen LogP contribution >= 0.6 is 0 Å². The average Bonchev–Trinajstić information content (AvgIpc) is 2.18. The summed E-state index contributed by atoms with van der Waals surface area (Å²) in [5.74, 6) is 0.712. The van der Waals surface area contributed by atoms with Gasteiger partial charge in [0.2, 0.25) is 0 Å². The molecule has 0 spiro atoms. The van der Waals surface area contributed by atoms with Crippen LogP contribution in [-0.4, -0.2) is 25.0 Å². The smallest absolute Gasteiger partial charge is 0.00355 e. The standard InChI is InChI=1S/C15H23N/c1-12-5-7-13(8-6-12)14-9-10-16(4)11-15(14,2)3/h5-8,14H,9-11H2,1-4H3. The number of aryl methyl sites for hydroxylation is 1. The molecule has 0 amide bonds. The highest BCUT2D eigenvalue weighted by Gasteiger charge is 2.35. The Morgan fingerprint density at radius 2 is 1.81 bits per heavy atom. The van der Waals surface area contributed by atoms with Crippen LogP contribution in [0.2, 0.25) is 0 Å². The van der Waals surface area contributed by atoms with Crippen LogP contribution in [0.3, 0.4) is 0 Å². The molecule has 0 aromatic heterocycles. The highest BCUT2D eigenvalue weighted by atomic mass is 15.1. The SMILES string of the molecule is Cc1ccc(C2CCN(C)CC2(C)C)cc1. The van der Waals surface area contributed by atoms with E-state index >= 15 is 0 Å². The Morgan fingerprint density at radius 3 is 2.38 bits per heavy atom. The maximum absolute atomic E-state index is 2.45. The zero-order valence-corrected chi connectivity index (χ0v) is 11.0. The van der Waals surface area contributed by atoms with Crippen LogP contribution in [0.1, 0.15) is 37.3 Å². The summed E-state index contributed by atoms with van der Waals surface area (Å²) in [6.07, 6.45) is 1.28. The van der Waals surface area contributed by atoms with Crippen molar-refractivity contribution < 1.29 is 0 Å². The number of piperidine rings is 1. The van der Waals surface area contributed by atoms with E-state index in [1.165, 1.54) is 30.6 Å². The first kappa shape index (κ1) is 11.7. The minimum Gasteiger partial charge on any atom is -0.306 e. The molecule has 0 N–H and O–H groups in total. The molecule has 1 nitrogen and oxygen atoms in total. The topological polar surface area (TPSA) is 3.24 Å². The summed E-state index contributed by atoms with van der Waals surface area (Å²) in [6.45, 7) is 9.37. The van der Waals surface area contributed by atoms with Gasteiger partial charge in [-0.1, -0.05) is 43.7 Å². The van der Waals surface area contributed by atoms with Crippen molar-refractivity contribution in [3.63, 3.8) is 0 Å². The molecule has 88 valence electrons. The van der Waals surface area contributed by atoms with Gasteiger partial charge in [0, 0.05) is 6.54 Å². The molecule has 1 aromatic rings. The van der Waals surface area contributed by atoms with Crippen molar-refractivity contribution in [2.24, 2.45) is 5.41 Å². The fourth-order valence-corrected chi connectivity index (χ4v) is 3.04. The van der Waals surface area contributed by atoms with E-state index in [1.54, 1.807) is 0 Å². The second kappa shape index (κ2) is 4.21. The normalized spacial score (nSPS) is 25.6. The highest BCUT2D eigenvalue weighted by molar-refractivity contribution is 5.26. The Kier molecular flexibility index (Phi) is 3.07. The summed E-state index contributed by atoms with van der Waals surface area (Å²) in [5.41, 5.74) is 3.26. The lowest BCUT2D eigenvalue weighted by Gasteiger charge is -2.43. The average molecular weight is 217 g/mol. The van der Waals surface area contributed by atoms with Crippen molar-refractivity contribution in [1.82, 2.24) is 4.90 Å². The molecule has 1 aliphatic heterocycles. The Balaban J connectivity index is 2.23. The van der Waals surface area contributed by atoms with Gasteiger partial charge in [0.1, 0.15) is 0 Å². The van der Waals surface area contributed by atoms with Crippen LogP contribution in [-0.2, 0) is 0 Å². The molecule has 1 unspecified atom stereocenters. The van der Waals surface area contributed by atoms with Crippen LogP contribution in [0, 0.1) is 12.3 Å². The minimum absolute atomic E-state index is 0.391. The summed E-state index contributed by atoms with van der Waals surface area (Å²) < 4.78 is 0. The molecule has 0 saturated carbocycles. The van der Waals surface area contributed by atoms with E-state index in [0.29, 0.717) is 11.3 Å². The second-order valence-corrected chi connectivity index (χ2v) is 5.98. The third-order valence-corrected chi connectivity index (χ3v) is 3.90. The minimum atomic E-state index is 0.391. The van der Waals surface area contributed by atoms with E-state index < -0.39 is 0 Å². The van der Waals surface area contributed by atoms with E-state index in [4.69, 9.17) is 0 Å². The summed E-state index contributed by atoms with van der Waals surface area (Å²) in [5, 5.41) is 0. The Labute approximate surface area is 99.5 Å². The monoisotopic (exact) mass is 217 g/mol. The lowest BCUT2D eigenvalue weighted by atomic mass is 9.70. The second-order valence-electron chi connectivity index (χ2n) is 5.98. The quantitative estimate of drug-likeness (QED) is 0.696. The molecule has 16 heavy (non-hydrogen) atoms. The predicted octanol–water partition coefficient (Wildman–Crippen LogP) is 3.44. The van der Waals surface area contributed by atoms with Gasteiger partial charge in [-0.3, -0.25) is 0 Å². The molecule has 1 heterocycles. The predicted molar refractivity (Wildman–Crippen MR) is 69.8 cm³/mol. The van der Waals surface area contributed by atoms with E-state index in [-0.39, 0.29) is 0 Å². The van der Waals surface area contributed by atoms with Crippen LogP contribution < -0.4 is 0 Å². The molecule has 0 radical (unpaired) electrons. The zero-order valence-electron chi connectivity index (χ0n) is 11.0. The first-order valence-electron chi connectivity index (χ1n) is 6.24. The lowest BCUT2D eigenvalue weighted by Crippen LogP contribution is -2.42. The molecule has 1 aliphatic rings. The maximum atomic E-state index is 2.45. The summed E-state index contributed by atoms with van der Waals surface area (Å²) >= 11 is 0. The summed E-state index contributed by atoms with van der Waals surface area (Å²) in [4.78, 5) is 2.45. The van der Waals surface area contributed by atoms with Crippen LogP contribution in [0.25, 0.3) is 0 Å². The maximum Gasteiger partial charge on any atom is 0.00355 e. The van der Waals surface area contributed by atoms with Crippen LogP contribution in [0.5, 0.6) is 0 Å². The molecule has 0 aliphatic carbocycles. The van der Waals surface area contributed by atoms with Gasteiger partial charge in [-0.05, 0) is 43.8 Å². The number of benzene rings is 1. The number of nitrogens with zero attached hydrogens (tertiary/aromatic N) is 1. The largest absolute Gasteiger partial charge is 0.306 e. The van der Waals surface area contributed by atoms with Crippen LogP contribution in [0.4, 0.5) is 0 Å². The van der Waals surface area contributed by atoms with Crippen molar-refractivity contribution in [2.75, 3.05) is 20.1 Å². The number of rotatable bonds is 1. The third-order valence-electron chi connectivity index (χ3n) is 3.90. The zero-order chi connectivity index (χ0) is 11.8. The summed E-state index contributed by atoms with van der Waals surface area (Å²) in [7, 11) is 2.23. The van der Waals surface area contributed by atoms with Crippen molar-refractivity contribution in [2.45, 2.75) is 33.1 Å². The number of hydrogen-bond acceptors (Lipinski definition) is 1. The first-order chi connectivity index (χ1) is 7.49. The van der Waals surface area contributed by atoms with Crippen molar-refractivity contribution >= 4 is 0 Å². The highest BCUT2D eigenvalue weighted by Crippen LogP contribution is 2.41. The van der Waals surface area contributed by atoms with Gasteiger partial charge in [0.15, 0.2) is 0 Å². The third kappa shape index (κ3) is 2.30. The van der Waals surface area contributed by atoms with Crippen molar-refractivity contribution in [3.8, 4) is 0 Å². The Bertz CT molecular complexity index is 350. The fourth-order valence-electron chi connectivity index (χ4n) is 3.04. The summed E-state index contributed by atoms with van der Waals surface area (Å²) in [6, 6.07) is 9.10. The van der Waals surface area contributed by atoms with Crippen LogP contribution in [0.15, 0.2) is 24.3 Å². The molecule has 1 atom stereocenters. The van der Waals surface area contributed by atoms with Crippen molar-refractivity contribution in [1.29, 1.82) is 0 Å². The van der Waals surface area contributed by atoms with Gasteiger partial charge in [0.25, 0.3) is 0 Å². The van der Waals surface area contributed by atoms with Crippen molar-refractivity contribution in [3.05, 3.63) is 35.4 Å². The molecular formula is C15H23N.